The summed E-state index contributed by atoms with van der Waals surface area (Å²) in [4.78, 5) is 22.4. The van der Waals surface area contributed by atoms with E-state index in [9.17, 15) is 9.59 Å². The van der Waals surface area contributed by atoms with Crippen LogP contribution in [-0.4, -0.2) is 24.4 Å². The summed E-state index contributed by atoms with van der Waals surface area (Å²) in [5.74, 6) is -0.142. The van der Waals surface area contributed by atoms with Crippen LogP contribution in [0.4, 0.5) is 0 Å². The summed E-state index contributed by atoms with van der Waals surface area (Å²) < 4.78 is 0. The molecule has 1 atom stereocenters. The lowest BCUT2D eigenvalue weighted by Gasteiger charge is -2.22. The van der Waals surface area contributed by atoms with Gasteiger partial charge in [-0.3, -0.25) is 9.59 Å². The van der Waals surface area contributed by atoms with Crippen molar-refractivity contribution in [1.29, 1.82) is 0 Å². The molecule has 74 valence electrons. The molecule has 0 aromatic carbocycles. The Hall–Kier alpha value is -1.06. The van der Waals surface area contributed by atoms with Crippen LogP contribution in [0.3, 0.4) is 0 Å². The average molecular weight is 184 g/mol. The normalized spacial score (nSPS) is 22.7. The quantitative estimate of drug-likeness (QED) is 0.636. The van der Waals surface area contributed by atoms with Crippen molar-refractivity contribution >= 4 is 11.8 Å². The molecule has 0 aromatic heterocycles. The zero-order valence-electron chi connectivity index (χ0n) is 8.09. The van der Waals surface area contributed by atoms with Gasteiger partial charge in [0, 0.05) is 24.9 Å². The molecule has 2 amide bonds. The van der Waals surface area contributed by atoms with E-state index in [4.69, 9.17) is 0 Å². The first kappa shape index (κ1) is 10.0. The zero-order chi connectivity index (χ0) is 9.84. The van der Waals surface area contributed by atoms with Gasteiger partial charge in [-0.25, -0.2) is 0 Å². The second kappa shape index (κ2) is 4.25. The number of hydrogen-bond donors (Lipinski definition) is 2. The first-order valence-electron chi connectivity index (χ1n) is 4.66. The molecule has 4 nitrogen and oxygen atoms in total. The number of piperidine rings is 1. The van der Waals surface area contributed by atoms with Gasteiger partial charge >= 0.3 is 0 Å². The molecule has 0 bridgehead atoms. The summed E-state index contributed by atoms with van der Waals surface area (Å²) >= 11 is 0. The summed E-state index contributed by atoms with van der Waals surface area (Å²) in [6, 6.07) is 0.150. The van der Waals surface area contributed by atoms with Gasteiger partial charge in [0.05, 0.1) is 0 Å². The van der Waals surface area contributed by atoms with E-state index in [0.29, 0.717) is 13.0 Å². The minimum absolute atomic E-state index is 0.00449. The van der Waals surface area contributed by atoms with E-state index in [-0.39, 0.29) is 23.8 Å². The van der Waals surface area contributed by atoms with Gasteiger partial charge in [-0.2, -0.15) is 0 Å². The second-order valence-electron chi connectivity index (χ2n) is 3.70. The fourth-order valence-corrected chi connectivity index (χ4v) is 1.41. The van der Waals surface area contributed by atoms with E-state index in [0.717, 1.165) is 6.42 Å². The van der Waals surface area contributed by atoms with Crippen LogP contribution in [0.1, 0.15) is 26.7 Å². The third-order valence-electron chi connectivity index (χ3n) is 2.05. The summed E-state index contributed by atoms with van der Waals surface area (Å²) in [5, 5.41) is 5.52. The van der Waals surface area contributed by atoms with Crippen molar-refractivity contribution in [3.63, 3.8) is 0 Å². The standard InChI is InChI=1S/C9H16N2O2/c1-6(2)11-9(13)7-3-4-10-8(12)5-7/h6-7H,3-5H2,1-2H3,(H,10,12)(H,11,13). The topological polar surface area (TPSA) is 58.2 Å². The monoisotopic (exact) mass is 184 g/mol. The maximum atomic E-state index is 11.5. The van der Waals surface area contributed by atoms with Crippen molar-refractivity contribution in [2.24, 2.45) is 5.92 Å². The van der Waals surface area contributed by atoms with Gasteiger partial charge in [-0.15, -0.1) is 0 Å². The highest BCUT2D eigenvalue weighted by molar-refractivity contribution is 5.86. The number of nitrogens with one attached hydrogen (secondary N) is 2. The van der Waals surface area contributed by atoms with Crippen molar-refractivity contribution in [2.45, 2.75) is 32.7 Å². The van der Waals surface area contributed by atoms with E-state index in [1.807, 2.05) is 13.8 Å². The minimum atomic E-state index is -0.129. The van der Waals surface area contributed by atoms with E-state index in [1.165, 1.54) is 0 Å². The molecular formula is C9H16N2O2. The fraction of sp³-hybridized carbons (Fsp3) is 0.778. The lowest BCUT2D eigenvalue weighted by atomic mass is 9.96. The van der Waals surface area contributed by atoms with Crippen molar-refractivity contribution in [1.82, 2.24) is 10.6 Å². The smallest absolute Gasteiger partial charge is 0.223 e. The SMILES string of the molecule is CC(C)NC(=O)C1CCNC(=O)C1. The maximum Gasteiger partial charge on any atom is 0.223 e. The first-order chi connectivity index (χ1) is 6.09. The molecular weight excluding hydrogens is 168 g/mol. The summed E-state index contributed by atoms with van der Waals surface area (Å²) in [6.07, 6.45) is 1.09. The average Bonchev–Trinajstić information content (AvgIpc) is 2.03. The Morgan fingerprint density at radius 3 is 2.85 bits per heavy atom. The van der Waals surface area contributed by atoms with Crippen LogP contribution >= 0.6 is 0 Å². The van der Waals surface area contributed by atoms with Gasteiger partial charge in [-0.1, -0.05) is 0 Å². The second-order valence-corrected chi connectivity index (χ2v) is 3.70. The molecule has 1 aliphatic rings. The Bertz CT molecular complexity index is 214. The van der Waals surface area contributed by atoms with Crippen molar-refractivity contribution < 1.29 is 9.59 Å². The molecule has 1 aliphatic heterocycles. The Morgan fingerprint density at radius 1 is 1.62 bits per heavy atom. The van der Waals surface area contributed by atoms with Gasteiger partial charge < -0.3 is 10.6 Å². The van der Waals surface area contributed by atoms with Crippen LogP contribution in [0, 0.1) is 5.92 Å². The van der Waals surface area contributed by atoms with Crippen molar-refractivity contribution in [3.8, 4) is 0 Å². The highest BCUT2D eigenvalue weighted by atomic mass is 16.2. The molecule has 1 unspecified atom stereocenters. The predicted molar refractivity (Wildman–Crippen MR) is 49.0 cm³/mol. The highest BCUT2D eigenvalue weighted by Gasteiger charge is 2.25. The Labute approximate surface area is 78.1 Å². The molecule has 1 saturated heterocycles. The van der Waals surface area contributed by atoms with Crippen LogP contribution in [0.2, 0.25) is 0 Å². The van der Waals surface area contributed by atoms with E-state index >= 15 is 0 Å². The largest absolute Gasteiger partial charge is 0.356 e. The Balaban J connectivity index is 2.41. The molecule has 0 aliphatic carbocycles. The first-order valence-corrected chi connectivity index (χ1v) is 4.66. The minimum Gasteiger partial charge on any atom is -0.356 e. The molecule has 2 N–H and O–H groups in total. The van der Waals surface area contributed by atoms with E-state index in [1.54, 1.807) is 0 Å². The fourth-order valence-electron chi connectivity index (χ4n) is 1.41. The Morgan fingerprint density at radius 2 is 2.31 bits per heavy atom. The molecule has 1 fully saturated rings. The zero-order valence-corrected chi connectivity index (χ0v) is 8.09. The lowest BCUT2D eigenvalue weighted by Crippen LogP contribution is -2.42. The van der Waals surface area contributed by atoms with Crippen LogP contribution in [-0.2, 0) is 9.59 Å². The summed E-state index contributed by atoms with van der Waals surface area (Å²) in [6.45, 7) is 4.45. The molecule has 0 saturated carbocycles. The molecule has 4 heteroatoms. The van der Waals surface area contributed by atoms with Gasteiger partial charge in [0.1, 0.15) is 0 Å². The van der Waals surface area contributed by atoms with E-state index < -0.39 is 0 Å². The number of carbonyl (C=O) groups is 2. The van der Waals surface area contributed by atoms with Gasteiger partial charge in [0.25, 0.3) is 0 Å². The van der Waals surface area contributed by atoms with Crippen LogP contribution in [0.5, 0.6) is 0 Å². The lowest BCUT2D eigenvalue weighted by molar-refractivity contribution is -0.132. The van der Waals surface area contributed by atoms with Gasteiger partial charge in [-0.05, 0) is 20.3 Å². The number of amides is 2. The van der Waals surface area contributed by atoms with Gasteiger partial charge in [0.2, 0.25) is 11.8 Å². The summed E-state index contributed by atoms with van der Waals surface area (Å²) in [7, 11) is 0. The maximum absolute atomic E-state index is 11.5. The summed E-state index contributed by atoms with van der Waals surface area (Å²) in [5.41, 5.74) is 0. The van der Waals surface area contributed by atoms with Crippen LogP contribution < -0.4 is 10.6 Å². The number of carbonyl (C=O) groups excluding carboxylic acids is 2. The third kappa shape index (κ3) is 3.05. The van der Waals surface area contributed by atoms with Crippen molar-refractivity contribution in [3.05, 3.63) is 0 Å². The molecule has 0 aromatic rings. The van der Waals surface area contributed by atoms with Crippen LogP contribution in [0.25, 0.3) is 0 Å². The number of rotatable bonds is 2. The van der Waals surface area contributed by atoms with Crippen LogP contribution in [0.15, 0.2) is 0 Å². The molecule has 0 spiro atoms. The third-order valence-corrected chi connectivity index (χ3v) is 2.05. The number of hydrogen-bond acceptors (Lipinski definition) is 2. The van der Waals surface area contributed by atoms with Crippen molar-refractivity contribution in [2.75, 3.05) is 6.54 Å². The van der Waals surface area contributed by atoms with Gasteiger partial charge in [0.15, 0.2) is 0 Å². The molecule has 0 radical (unpaired) electrons. The molecule has 13 heavy (non-hydrogen) atoms. The highest BCUT2D eigenvalue weighted by Crippen LogP contribution is 2.12. The van der Waals surface area contributed by atoms with E-state index in [2.05, 4.69) is 10.6 Å². The predicted octanol–water partition coefficient (Wildman–Crippen LogP) is 0.0372. The molecule has 1 heterocycles. The molecule has 1 rings (SSSR count). The Kier molecular flexibility index (Phi) is 3.28.